The second-order valence-corrected chi connectivity index (χ2v) is 7.76. The van der Waals surface area contributed by atoms with Gasteiger partial charge in [-0.15, -0.1) is 11.8 Å². The summed E-state index contributed by atoms with van der Waals surface area (Å²) in [7, 11) is 0. The number of hydrogen-bond acceptors (Lipinski definition) is 3. The van der Waals surface area contributed by atoms with Crippen LogP contribution in [-0.2, 0) is 9.53 Å². The standard InChI is InChI=1S/C17H23NO2S/c1-11-4-6-12(7-5-11)21-10-14(19)18-15-13-8-9-20-16(13)17(15,2)3/h4-7,13,15-16H,8-10H2,1-3H3,(H,18,19)/t13-,15+,16+/m0/s1. The number of benzene rings is 1. The maximum absolute atomic E-state index is 12.2. The van der Waals surface area contributed by atoms with Gasteiger partial charge in [0.2, 0.25) is 5.91 Å². The lowest BCUT2D eigenvalue weighted by Crippen LogP contribution is -2.66. The van der Waals surface area contributed by atoms with Gasteiger partial charge in [-0.3, -0.25) is 4.79 Å². The van der Waals surface area contributed by atoms with Gasteiger partial charge in [0, 0.05) is 28.9 Å². The number of aryl methyl sites for hydroxylation is 1. The van der Waals surface area contributed by atoms with Gasteiger partial charge < -0.3 is 10.1 Å². The number of ether oxygens (including phenoxy) is 1. The molecule has 1 aromatic rings. The third-order valence-corrected chi connectivity index (χ3v) is 5.82. The molecule has 0 aromatic heterocycles. The molecule has 21 heavy (non-hydrogen) atoms. The summed E-state index contributed by atoms with van der Waals surface area (Å²) in [4.78, 5) is 13.3. The molecule has 1 N–H and O–H groups in total. The molecule has 0 bridgehead atoms. The van der Waals surface area contributed by atoms with E-state index in [1.54, 1.807) is 11.8 Å². The molecular weight excluding hydrogens is 282 g/mol. The van der Waals surface area contributed by atoms with E-state index >= 15 is 0 Å². The molecule has 114 valence electrons. The first kappa shape index (κ1) is 14.9. The van der Waals surface area contributed by atoms with Gasteiger partial charge in [-0.25, -0.2) is 0 Å². The molecule has 1 heterocycles. The van der Waals surface area contributed by atoms with Gasteiger partial charge in [-0.05, 0) is 25.5 Å². The molecule has 0 unspecified atom stereocenters. The Morgan fingerprint density at radius 3 is 2.81 bits per heavy atom. The fraction of sp³-hybridized carbons (Fsp3) is 0.588. The maximum Gasteiger partial charge on any atom is 0.230 e. The molecule has 2 fully saturated rings. The van der Waals surface area contributed by atoms with E-state index in [4.69, 9.17) is 4.74 Å². The van der Waals surface area contributed by atoms with Gasteiger partial charge >= 0.3 is 0 Å². The van der Waals surface area contributed by atoms with Crippen molar-refractivity contribution in [1.29, 1.82) is 0 Å². The fourth-order valence-corrected chi connectivity index (χ4v) is 4.33. The van der Waals surface area contributed by atoms with Gasteiger partial charge in [0.25, 0.3) is 0 Å². The van der Waals surface area contributed by atoms with E-state index in [2.05, 4.69) is 50.4 Å². The number of hydrogen-bond donors (Lipinski definition) is 1. The van der Waals surface area contributed by atoms with Crippen LogP contribution >= 0.6 is 11.8 Å². The molecule has 3 rings (SSSR count). The predicted octanol–water partition coefficient (Wildman–Crippen LogP) is 3.02. The van der Waals surface area contributed by atoms with E-state index in [-0.39, 0.29) is 17.4 Å². The van der Waals surface area contributed by atoms with E-state index in [0.717, 1.165) is 17.9 Å². The van der Waals surface area contributed by atoms with Gasteiger partial charge in [-0.2, -0.15) is 0 Å². The molecule has 0 radical (unpaired) electrons. The summed E-state index contributed by atoms with van der Waals surface area (Å²) in [5.41, 5.74) is 1.30. The Morgan fingerprint density at radius 1 is 1.38 bits per heavy atom. The summed E-state index contributed by atoms with van der Waals surface area (Å²) < 4.78 is 5.76. The molecule has 4 heteroatoms. The Kier molecular flexibility index (Phi) is 4.02. The number of carbonyl (C=O) groups is 1. The molecule has 1 saturated heterocycles. The van der Waals surface area contributed by atoms with Crippen LogP contribution in [0, 0.1) is 18.3 Å². The average Bonchev–Trinajstić information content (AvgIpc) is 2.91. The van der Waals surface area contributed by atoms with Crippen LogP contribution in [0.2, 0.25) is 0 Å². The predicted molar refractivity (Wildman–Crippen MR) is 85.5 cm³/mol. The van der Waals surface area contributed by atoms with Gasteiger partial charge in [-0.1, -0.05) is 31.5 Å². The van der Waals surface area contributed by atoms with Crippen LogP contribution in [0.25, 0.3) is 0 Å². The first-order chi connectivity index (χ1) is 9.98. The number of thioether (sulfide) groups is 1. The summed E-state index contributed by atoms with van der Waals surface area (Å²) >= 11 is 1.60. The number of fused-ring (bicyclic) bond motifs is 1. The summed E-state index contributed by atoms with van der Waals surface area (Å²) in [6.45, 7) is 7.29. The van der Waals surface area contributed by atoms with Crippen molar-refractivity contribution < 1.29 is 9.53 Å². The zero-order valence-corrected chi connectivity index (χ0v) is 13.7. The summed E-state index contributed by atoms with van der Waals surface area (Å²) in [6, 6.07) is 8.56. The highest BCUT2D eigenvalue weighted by atomic mass is 32.2. The Labute approximate surface area is 130 Å². The Bertz CT molecular complexity index is 526. The monoisotopic (exact) mass is 305 g/mol. The third-order valence-electron chi connectivity index (χ3n) is 4.81. The van der Waals surface area contributed by atoms with Crippen molar-refractivity contribution in [2.75, 3.05) is 12.4 Å². The van der Waals surface area contributed by atoms with E-state index < -0.39 is 0 Å². The largest absolute Gasteiger partial charge is 0.377 e. The Hall–Kier alpha value is -1.00. The first-order valence-corrected chi connectivity index (χ1v) is 8.57. The van der Waals surface area contributed by atoms with Crippen molar-refractivity contribution >= 4 is 17.7 Å². The molecule has 0 spiro atoms. The molecule has 2 aliphatic rings. The minimum absolute atomic E-state index is 0.0609. The number of carbonyl (C=O) groups excluding carboxylic acids is 1. The fourth-order valence-electron chi connectivity index (χ4n) is 3.62. The molecule has 1 aromatic carbocycles. The van der Waals surface area contributed by atoms with Gasteiger partial charge in [0.1, 0.15) is 0 Å². The van der Waals surface area contributed by atoms with Crippen LogP contribution in [0.5, 0.6) is 0 Å². The van der Waals surface area contributed by atoms with E-state index in [1.165, 1.54) is 5.56 Å². The van der Waals surface area contributed by atoms with Crippen LogP contribution < -0.4 is 5.32 Å². The average molecular weight is 305 g/mol. The minimum atomic E-state index is 0.0609. The summed E-state index contributed by atoms with van der Waals surface area (Å²) in [6.07, 6.45) is 1.40. The third kappa shape index (κ3) is 2.84. The Morgan fingerprint density at radius 2 is 2.10 bits per heavy atom. The summed E-state index contributed by atoms with van der Waals surface area (Å²) in [5, 5.41) is 3.22. The smallest absolute Gasteiger partial charge is 0.230 e. The molecule has 3 atom stereocenters. The highest BCUT2D eigenvalue weighted by Gasteiger charge is 2.59. The van der Waals surface area contributed by atoms with Gasteiger partial charge in [0.15, 0.2) is 0 Å². The normalized spacial score (nSPS) is 29.6. The van der Waals surface area contributed by atoms with Crippen molar-refractivity contribution in [3.8, 4) is 0 Å². The van der Waals surface area contributed by atoms with Crippen LogP contribution in [-0.4, -0.2) is 30.4 Å². The van der Waals surface area contributed by atoms with Crippen molar-refractivity contribution in [2.45, 2.75) is 44.2 Å². The SMILES string of the molecule is Cc1ccc(SCC(=O)N[C@@H]2[C@@H]3CCO[C@H]3C2(C)C)cc1. The first-order valence-electron chi connectivity index (χ1n) is 7.59. The van der Waals surface area contributed by atoms with Crippen LogP contribution in [0.4, 0.5) is 0 Å². The zero-order chi connectivity index (χ0) is 15.0. The summed E-state index contributed by atoms with van der Waals surface area (Å²) in [5.74, 6) is 1.12. The second kappa shape index (κ2) is 5.65. The van der Waals surface area contributed by atoms with Gasteiger partial charge in [0.05, 0.1) is 11.9 Å². The molecule has 1 saturated carbocycles. The molecule has 1 aliphatic heterocycles. The maximum atomic E-state index is 12.2. The molecular formula is C17H23NO2S. The van der Waals surface area contributed by atoms with Crippen molar-refractivity contribution in [3.05, 3.63) is 29.8 Å². The highest BCUT2D eigenvalue weighted by Crippen LogP contribution is 2.52. The van der Waals surface area contributed by atoms with Crippen LogP contribution in [0.1, 0.15) is 25.8 Å². The topological polar surface area (TPSA) is 38.3 Å². The van der Waals surface area contributed by atoms with E-state index in [0.29, 0.717) is 17.8 Å². The quantitative estimate of drug-likeness (QED) is 0.869. The van der Waals surface area contributed by atoms with Crippen LogP contribution in [0.15, 0.2) is 29.2 Å². The highest BCUT2D eigenvalue weighted by molar-refractivity contribution is 8.00. The van der Waals surface area contributed by atoms with Crippen molar-refractivity contribution in [1.82, 2.24) is 5.32 Å². The lowest BCUT2D eigenvalue weighted by molar-refractivity contribution is -0.135. The van der Waals surface area contributed by atoms with E-state index in [1.807, 2.05) is 0 Å². The van der Waals surface area contributed by atoms with Crippen molar-refractivity contribution in [2.24, 2.45) is 11.3 Å². The zero-order valence-electron chi connectivity index (χ0n) is 12.9. The number of nitrogens with one attached hydrogen (secondary N) is 1. The molecule has 3 nitrogen and oxygen atoms in total. The molecule has 1 aliphatic carbocycles. The molecule has 1 amide bonds. The van der Waals surface area contributed by atoms with Crippen LogP contribution in [0.3, 0.4) is 0 Å². The van der Waals surface area contributed by atoms with Crippen molar-refractivity contribution in [3.63, 3.8) is 0 Å². The number of amides is 1. The Balaban J connectivity index is 1.51. The number of rotatable bonds is 4. The second-order valence-electron chi connectivity index (χ2n) is 6.71. The lowest BCUT2D eigenvalue weighted by Gasteiger charge is -2.54. The lowest BCUT2D eigenvalue weighted by atomic mass is 9.57. The minimum Gasteiger partial charge on any atom is -0.377 e. The van der Waals surface area contributed by atoms with E-state index in [9.17, 15) is 4.79 Å².